The molecule has 0 unspecified atom stereocenters. The number of hydrogen-bond acceptors (Lipinski definition) is 6. The first-order valence-corrected chi connectivity index (χ1v) is 7.97. The zero-order valence-electron chi connectivity index (χ0n) is 15.0. The molecule has 0 spiro atoms. The van der Waals surface area contributed by atoms with Crippen LogP contribution in [0.3, 0.4) is 0 Å². The second-order valence-electron chi connectivity index (χ2n) is 5.62. The fourth-order valence-corrected chi connectivity index (χ4v) is 2.84. The highest BCUT2D eigenvalue weighted by atomic mass is 16.5. The summed E-state index contributed by atoms with van der Waals surface area (Å²) in [5, 5.41) is 2.76. The number of ether oxygens (including phenoxy) is 4. The van der Waals surface area contributed by atoms with Crippen LogP contribution in [-0.4, -0.2) is 64.5 Å². The maximum Gasteiger partial charge on any atom is 0.407 e. The van der Waals surface area contributed by atoms with Crippen LogP contribution in [0.5, 0.6) is 17.2 Å². The maximum atomic E-state index is 12.8. The molecule has 2 amide bonds. The largest absolute Gasteiger partial charge is 0.493 e. The van der Waals surface area contributed by atoms with Gasteiger partial charge < -0.3 is 29.2 Å². The second kappa shape index (κ2) is 8.46. The van der Waals surface area contributed by atoms with Crippen molar-refractivity contribution >= 4 is 12.0 Å². The number of carbonyl (C=O) groups excluding carboxylic acids is 2. The van der Waals surface area contributed by atoms with Crippen LogP contribution in [0.15, 0.2) is 12.1 Å². The molecule has 1 fully saturated rings. The van der Waals surface area contributed by atoms with Crippen molar-refractivity contribution in [3.63, 3.8) is 0 Å². The molecule has 0 atom stereocenters. The van der Waals surface area contributed by atoms with Gasteiger partial charge in [0.2, 0.25) is 5.75 Å². The highest BCUT2D eigenvalue weighted by Crippen LogP contribution is 2.38. The standard InChI is InChI=1S/C17H24N2O6/c1-22-13-9-11(10-14(23-2)15(13)24-3)16(20)19-7-5-12(6-8-19)18-17(21)25-4/h9-10,12H,5-8H2,1-4H3,(H,18,21). The van der Waals surface area contributed by atoms with Crippen molar-refractivity contribution in [2.24, 2.45) is 0 Å². The summed E-state index contributed by atoms with van der Waals surface area (Å²) in [6, 6.07) is 3.29. The Labute approximate surface area is 147 Å². The summed E-state index contributed by atoms with van der Waals surface area (Å²) < 4.78 is 20.5. The van der Waals surface area contributed by atoms with Crippen molar-refractivity contribution in [1.82, 2.24) is 10.2 Å². The lowest BCUT2D eigenvalue weighted by atomic mass is 10.0. The van der Waals surface area contributed by atoms with Gasteiger partial charge in [0.05, 0.1) is 28.4 Å². The monoisotopic (exact) mass is 352 g/mol. The van der Waals surface area contributed by atoms with E-state index in [1.807, 2.05) is 0 Å². The fourth-order valence-electron chi connectivity index (χ4n) is 2.84. The van der Waals surface area contributed by atoms with Crippen molar-refractivity contribution in [2.75, 3.05) is 41.5 Å². The third-order valence-electron chi connectivity index (χ3n) is 4.20. The fraction of sp³-hybridized carbons (Fsp3) is 0.529. The van der Waals surface area contributed by atoms with Gasteiger partial charge in [0.25, 0.3) is 5.91 Å². The van der Waals surface area contributed by atoms with E-state index in [4.69, 9.17) is 14.2 Å². The molecule has 1 heterocycles. The molecule has 0 bridgehead atoms. The van der Waals surface area contributed by atoms with E-state index in [0.29, 0.717) is 48.7 Å². The summed E-state index contributed by atoms with van der Waals surface area (Å²) in [5.74, 6) is 1.21. The molecule has 8 nitrogen and oxygen atoms in total. The molecule has 0 aliphatic carbocycles. The van der Waals surface area contributed by atoms with E-state index < -0.39 is 6.09 Å². The normalized spacial score (nSPS) is 14.6. The van der Waals surface area contributed by atoms with Crippen LogP contribution in [-0.2, 0) is 4.74 Å². The second-order valence-corrected chi connectivity index (χ2v) is 5.62. The first-order chi connectivity index (χ1) is 12.0. The first-order valence-electron chi connectivity index (χ1n) is 7.97. The highest BCUT2D eigenvalue weighted by molar-refractivity contribution is 5.95. The maximum absolute atomic E-state index is 12.8. The van der Waals surface area contributed by atoms with Gasteiger partial charge in [-0.2, -0.15) is 0 Å². The number of rotatable bonds is 5. The van der Waals surface area contributed by atoms with Crippen molar-refractivity contribution in [3.8, 4) is 17.2 Å². The van der Waals surface area contributed by atoms with Gasteiger partial charge in [-0.15, -0.1) is 0 Å². The van der Waals surface area contributed by atoms with E-state index in [9.17, 15) is 9.59 Å². The number of nitrogens with one attached hydrogen (secondary N) is 1. The van der Waals surface area contributed by atoms with Gasteiger partial charge in [-0.1, -0.05) is 0 Å². The van der Waals surface area contributed by atoms with Gasteiger partial charge in [0.15, 0.2) is 11.5 Å². The summed E-state index contributed by atoms with van der Waals surface area (Å²) in [5.41, 5.74) is 0.467. The van der Waals surface area contributed by atoms with Gasteiger partial charge >= 0.3 is 6.09 Å². The molecule has 0 aromatic heterocycles. The van der Waals surface area contributed by atoms with Gasteiger partial charge in [-0.05, 0) is 25.0 Å². The molecule has 1 aromatic carbocycles. The number of carbonyl (C=O) groups is 2. The summed E-state index contributed by atoms with van der Waals surface area (Å²) in [6.45, 7) is 1.09. The van der Waals surface area contributed by atoms with E-state index in [2.05, 4.69) is 10.1 Å². The molecule has 1 aromatic rings. The molecule has 1 aliphatic rings. The zero-order chi connectivity index (χ0) is 18.4. The number of piperidine rings is 1. The topological polar surface area (TPSA) is 86.3 Å². The van der Waals surface area contributed by atoms with Crippen LogP contribution in [0, 0.1) is 0 Å². The molecule has 0 saturated carbocycles. The SMILES string of the molecule is COC(=O)NC1CCN(C(=O)c2cc(OC)c(OC)c(OC)c2)CC1. The van der Waals surface area contributed by atoms with Crippen molar-refractivity contribution in [3.05, 3.63) is 17.7 Å². The number of alkyl carbamates (subject to hydrolysis) is 1. The molecule has 1 aliphatic heterocycles. The number of methoxy groups -OCH3 is 4. The van der Waals surface area contributed by atoms with E-state index in [1.165, 1.54) is 28.4 Å². The van der Waals surface area contributed by atoms with Gasteiger partial charge in [0, 0.05) is 24.7 Å². The molecule has 1 N–H and O–H groups in total. The Morgan fingerprint density at radius 1 is 1.00 bits per heavy atom. The first kappa shape index (κ1) is 18.7. The Morgan fingerprint density at radius 3 is 2.00 bits per heavy atom. The zero-order valence-corrected chi connectivity index (χ0v) is 15.0. The van der Waals surface area contributed by atoms with Crippen molar-refractivity contribution in [1.29, 1.82) is 0 Å². The van der Waals surface area contributed by atoms with Gasteiger partial charge in [-0.25, -0.2) is 4.79 Å². The average molecular weight is 352 g/mol. The van der Waals surface area contributed by atoms with Crippen molar-refractivity contribution in [2.45, 2.75) is 18.9 Å². The lowest BCUT2D eigenvalue weighted by molar-refractivity contribution is 0.0703. The third-order valence-corrected chi connectivity index (χ3v) is 4.20. The van der Waals surface area contributed by atoms with Crippen molar-refractivity contribution < 1.29 is 28.5 Å². The Morgan fingerprint density at radius 2 is 1.56 bits per heavy atom. The smallest absolute Gasteiger partial charge is 0.407 e. The lowest BCUT2D eigenvalue weighted by Gasteiger charge is -2.32. The van der Waals surface area contributed by atoms with E-state index in [1.54, 1.807) is 17.0 Å². The van der Waals surface area contributed by atoms with Crippen LogP contribution < -0.4 is 19.5 Å². The summed E-state index contributed by atoms with van der Waals surface area (Å²) >= 11 is 0. The molecule has 0 radical (unpaired) electrons. The molecular weight excluding hydrogens is 328 g/mol. The minimum Gasteiger partial charge on any atom is -0.493 e. The molecular formula is C17H24N2O6. The summed E-state index contributed by atoms with van der Waals surface area (Å²) in [7, 11) is 5.87. The summed E-state index contributed by atoms with van der Waals surface area (Å²) in [4.78, 5) is 25.8. The molecule has 138 valence electrons. The van der Waals surface area contributed by atoms with Gasteiger partial charge in [-0.3, -0.25) is 4.79 Å². The predicted octanol–water partition coefficient (Wildman–Crippen LogP) is 1.67. The predicted molar refractivity (Wildman–Crippen MR) is 90.6 cm³/mol. The molecule has 1 saturated heterocycles. The minimum atomic E-state index is -0.450. The van der Waals surface area contributed by atoms with E-state index in [0.717, 1.165) is 0 Å². The number of nitrogens with zero attached hydrogens (tertiary/aromatic N) is 1. The number of amides is 2. The highest BCUT2D eigenvalue weighted by Gasteiger charge is 2.26. The van der Waals surface area contributed by atoms with E-state index in [-0.39, 0.29) is 11.9 Å². The number of likely N-dealkylation sites (tertiary alicyclic amines) is 1. The van der Waals surface area contributed by atoms with Gasteiger partial charge in [0.1, 0.15) is 0 Å². The molecule has 25 heavy (non-hydrogen) atoms. The van der Waals surface area contributed by atoms with Crippen LogP contribution in [0.1, 0.15) is 23.2 Å². The molecule has 8 heteroatoms. The van der Waals surface area contributed by atoms with Crippen LogP contribution >= 0.6 is 0 Å². The molecule has 2 rings (SSSR count). The average Bonchev–Trinajstić information content (AvgIpc) is 2.66. The Hall–Kier alpha value is -2.64. The Bertz CT molecular complexity index is 601. The Kier molecular flexibility index (Phi) is 6.32. The minimum absolute atomic E-state index is 0.0106. The van der Waals surface area contributed by atoms with Crippen LogP contribution in [0.2, 0.25) is 0 Å². The van der Waals surface area contributed by atoms with Crippen LogP contribution in [0.25, 0.3) is 0 Å². The number of hydrogen-bond donors (Lipinski definition) is 1. The quantitative estimate of drug-likeness (QED) is 0.868. The Balaban J connectivity index is 2.10. The van der Waals surface area contributed by atoms with Crippen LogP contribution in [0.4, 0.5) is 4.79 Å². The lowest BCUT2D eigenvalue weighted by Crippen LogP contribution is -2.46. The number of benzene rings is 1. The van der Waals surface area contributed by atoms with E-state index >= 15 is 0 Å². The third kappa shape index (κ3) is 4.26. The summed E-state index contributed by atoms with van der Waals surface area (Å²) in [6.07, 6.45) is 0.894.